The van der Waals surface area contributed by atoms with Crippen LogP contribution in [0.1, 0.15) is 33.2 Å². The molecular weight excluding hydrogens is 269 g/mol. The number of hydrogen-bond donors (Lipinski definition) is 1. The summed E-state index contributed by atoms with van der Waals surface area (Å²) < 4.78 is 37.9. The molecule has 2 nitrogen and oxygen atoms in total. The lowest BCUT2D eigenvalue weighted by molar-refractivity contribution is -0.137. The summed E-state index contributed by atoms with van der Waals surface area (Å²) in [6.07, 6.45) is -5.06. The molecule has 0 aliphatic rings. The van der Waals surface area contributed by atoms with Crippen molar-refractivity contribution < 1.29 is 23.1 Å². The molecule has 104 valence electrons. The summed E-state index contributed by atoms with van der Waals surface area (Å²) >= 11 is 0. The average molecular weight is 280 g/mol. The first-order chi connectivity index (χ1) is 9.41. The molecule has 0 bridgehead atoms. The van der Waals surface area contributed by atoms with Crippen LogP contribution in [0.15, 0.2) is 48.5 Å². The Labute approximate surface area is 113 Å². The van der Waals surface area contributed by atoms with E-state index in [2.05, 4.69) is 0 Å². The fraction of sp³-hybridized carbons (Fsp3) is 0.133. The Balaban J connectivity index is 2.37. The number of aldehydes is 1. The number of hydrogen-bond acceptors (Lipinski definition) is 2. The number of alkyl halides is 3. The number of benzene rings is 2. The van der Waals surface area contributed by atoms with Crippen LogP contribution in [-0.4, -0.2) is 11.4 Å². The molecular formula is C15H11F3O2. The van der Waals surface area contributed by atoms with Gasteiger partial charge in [0.25, 0.3) is 0 Å². The van der Waals surface area contributed by atoms with Crippen molar-refractivity contribution in [2.45, 2.75) is 12.3 Å². The molecule has 0 aromatic heterocycles. The predicted molar refractivity (Wildman–Crippen MR) is 67.3 cm³/mol. The van der Waals surface area contributed by atoms with Gasteiger partial charge < -0.3 is 5.11 Å². The van der Waals surface area contributed by atoms with E-state index in [0.29, 0.717) is 17.4 Å². The SMILES string of the molecule is O=Cc1cccc(C(O)c2cccc(C(F)(F)F)c2)c1. The number of aliphatic hydroxyl groups is 1. The van der Waals surface area contributed by atoms with Gasteiger partial charge in [-0.15, -0.1) is 0 Å². The lowest BCUT2D eigenvalue weighted by Crippen LogP contribution is -2.07. The molecule has 0 saturated heterocycles. The first kappa shape index (κ1) is 14.3. The molecule has 0 heterocycles. The first-order valence-corrected chi connectivity index (χ1v) is 5.82. The largest absolute Gasteiger partial charge is 0.416 e. The smallest absolute Gasteiger partial charge is 0.384 e. The van der Waals surface area contributed by atoms with Crippen LogP contribution in [0, 0.1) is 0 Å². The molecule has 0 radical (unpaired) electrons. The maximum atomic E-state index is 12.6. The summed E-state index contributed by atoms with van der Waals surface area (Å²) in [5.41, 5.74) is 0.0333. The van der Waals surface area contributed by atoms with Crippen molar-refractivity contribution in [2.75, 3.05) is 0 Å². The van der Waals surface area contributed by atoms with E-state index in [1.54, 1.807) is 18.2 Å². The lowest BCUT2D eigenvalue weighted by atomic mass is 9.98. The van der Waals surface area contributed by atoms with Crippen LogP contribution in [0.3, 0.4) is 0 Å². The topological polar surface area (TPSA) is 37.3 Å². The molecule has 0 amide bonds. The molecule has 0 spiro atoms. The summed E-state index contributed by atoms with van der Waals surface area (Å²) in [5, 5.41) is 10.1. The average Bonchev–Trinajstić information content (AvgIpc) is 2.46. The van der Waals surface area contributed by atoms with E-state index in [1.807, 2.05) is 0 Å². The van der Waals surface area contributed by atoms with Gasteiger partial charge in [0.2, 0.25) is 0 Å². The van der Waals surface area contributed by atoms with Crippen LogP contribution < -0.4 is 0 Å². The number of carbonyl (C=O) groups excluding carboxylic acids is 1. The predicted octanol–water partition coefficient (Wildman–Crippen LogP) is 3.60. The van der Waals surface area contributed by atoms with Crippen molar-refractivity contribution in [3.63, 3.8) is 0 Å². The summed E-state index contributed by atoms with van der Waals surface area (Å²) in [4.78, 5) is 10.7. The zero-order chi connectivity index (χ0) is 14.8. The Kier molecular flexibility index (Phi) is 3.90. The molecule has 20 heavy (non-hydrogen) atoms. The zero-order valence-corrected chi connectivity index (χ0v) is 10.3. The van der Waals surface area contributed by atoms with Crippen LogP contribution in [0.4, 0.5) is 13.2 Å². The highest BCUT2D eigenvalue weighted by Crippen LogP contribution is 2.32. The van der Waals surface area contributed by atoms with Crippen molar-refractivity contribution in [1.29, 1.82) is 0 Å². The minimum atomic E-state index is -4.46. The van der Waals surface area contributed by atoms with Crippen LogP contribution in [0.25, 0.3) is 0 Å². The second kappa shape index (κ2) is 5.46. The van der Waals surface area contributed by atoms with Crippen LogP contribution >= 0.6 is 0 Å². The Morgan fingerprint density at radius 2 is 1.60 bits per heavy atom. The normalized spacial score (nSPS) is 13.0. The van der Waals surface area contributed by atoms with Crippen molar-refractivity contribution in [2.24, 2.45) is 0 Å². The standard InChI is InChI=1S/C15H11F3O2/c16-15(17,18)13-6-2-5-12(8-13)14(20)11-4-1-3-10(7-11)9-19/h1-9,14,20H. The van der Waals surface area contributed by atoms with Gasteiger partial charge in [0.1, 0.15) is 12.4 Å². The third-order valence-corrected chi connectivity index (χ3v) is 2.89. The van der Waals surface area contributed by atoms with Crippen molar-refractivity contribution >= 4 is 6.29 Å². The molecule has 0 aliphatic carbocycles. The maximum Gasteiger partial charge on any atom is 0.416 e. The highest BCUT2D eigenvalue weighted by atomic mass is 19.4. The van der Waals surface area contributed by atoms with Gasteiger partial charge in [-0.3, -0.25) is 4.79 Å². The molecule has 5 heteroatoms. The number of halogens is 3. The zero-order valence-electron chi connectivity index (χ0n) is 10.3. The fourth-order valence-electron chi connectivity index (χ4n) is 1.88. The van der Waals surface area contributed by atoms with E-state index in [1.165, 1.54) is 18.2 Å². The van der Waals surface area contributed by atoms with E-state index < -0.39 is 17.8 Å². The molecule has 2 aromatic rings. The maximum absolute atomic E-state index is 12.6. The van der Waals surface area contributed by atoms with Crippen LogP contribution in [0.2, 0.25) is 0 Å². The van der Waals surface area contributed by atoms with Crippen LogP contribution in [-0.2, 0) is 6.18 Å². The third kappa shape index (κ3) is 3.05. The van der Waals surface area contributed by atoms with Crippen molar-refractivity contribution in [1.82, 2.24) is 0 Å². The van der Waals surface area contributed by atoms with E-state index in [9.17, 15) is 23.1 Å². The highest BCUT2D eigenvalue weighted by Gasteiger charge is 2.30. The monoisotopic (exact) mass is 280 g/mol. The van der Waals surface area contributed by atoms with Crippen molar-refractivity contribution in [3.05, 3.63) is 70.8 Å². The van der Waals surface area contributed by atoms with Gasteiger partial charge in [-0.05, 0) is 29.3 Å². The quantitative estimate of drug-likeness (QED) is 0.872. The Morgan fingerprint density at radius 3 is 2.20 bits per heavy atom. The molecule has 2 rings (SSSR count). The number of carbonyl (C=O) groups is 1. The molecule has 0 saturated carbocycles. The van der Waals surface area contributed by atoms with Gasteiger partial charge in [-0.1, -0.05) is 30.3 Å². The minimum absolute atomic E-state index is 0.128. The summed E-state index contributed by atoms with van der Waals surface area (Å²) in [6, 6.07) is 10.6. The highest BCUT2D eigenvalue weighted by molar-refractivity contribution is 5.75. The molecule has 0 aliphatic heterocycles. The van der Waals surface area contributed by atoms with E-state index in [4.69, 9.17) is 0 Å². The van der Waals surface area contributed by atoms with Crippen LogP contribution in [0.5, 0.6) is 0 Å². The Hall–Kier alpha value is -2.14. The molecule has 0 fully saturated rings. The lowest BCUT2D eigenvalue weighted by Gasteiger charge is -2.14. The van der Waals surface area contributed by atoms with Gasteiger partial charge in [-0.25, -0.2) is 0 Å². The van der Waals surface area contributed by atoms with E-state index in [0.717, 1.165) is 12.1 Å². The van der Waals surface area contributed by atoms with E-state index >= 15 is 0 Å². The molecule has 1 atom stereocenters. The summed E-state index contributed by atoms with van der Waals surface area (Å²) in [7, 11) is 0. The molecule has 1 N–H and O–H groups in total. The minimum Gasteiger partial charge on any atom is -0.384 e. The summed E-state index contributed by atoms with van der Waals surface area (Å²) in [5.74, 6) is 0. The summed E-state index contributed by atoms with van der Waals surface area (Å²) in [6.45, 7) is 0. The van der Waals surface area contributed by atoms with Gasteiger partial charge >= 0.3 is 6.18 Å². The van der Waals surface area contributed by atoms with Gasteiger partial charge in [0.15, 0.2) is 0 Å². The Bertz CT molecular complexity index is 621. The van der Waals surface area contributed by atoms with Gasteiger partial charge in [-0.2, -0.15) is 13.2 Å². The Morgan fingerprint density at radius 1 is 1.00 bits per heavy atom. The number of aliphatic hydroxyl groups excluding tert-OH is 1. The van der Waals surface area contributed by atoms with Gasteiger partial charge in [0.05, 0.1) is 5.56 Å². The second-order valence-electron chi connectivity index (χ2n) is 4.31. The third-order valence-electron chi connectivity index (χ3n) is 2.89. The first-order valence-electron chi connectivity index (χ1n) is 5.82. The van der Waals surface area contributed by atoms with Gasteiger partial charge in [0, 0.05) is 5.56 Å². The number of rotatable bonds is 3. The van der Waals surface area contributed by atoms with Crippen molar-refractivity contribution in [3.8, 4) is 0 Å². The second-order valence-corrected chi connectivity index (χ2v) is 4.31. The fourth-order valence-corrected chi connectivity index (χ4v) is 1.88. The van der Waals surface area contributed by atoms with E-state index in [-0.39, 0.29) is 5.56 Å². The molecule has 1 unspecified atom stereocenters. The molecule has 2 aromatic carbocycles.